The first-order valence-electron chi connectivity index (χ1n) is 12.8. The highest BCUT2D eigenvalue weighted by atomic mass is 32.3. The van der Waals surface area contributed by atoms with Gasteiger partial charge in [0.1, 0.15) is 5.75 Å². The van der Waals surface area contributed by atoms with Crippen LogP contribution in [0.1, 0.15) is 131 Å². The summed E-state index contributed by atoms with van der Waals surface area (Å²) >= 11 is 0. The summed E-state index contributed by atoms with van der Waals surface area (Å²) in [6.45, 7) is 0. The van der Waals surface area contributed by atoms with Gasteiger partial charge in [0.25, 0.3) is 0 Å². The molecule has 0 atom stereocenters. The van der Waals surface area contributed by atoms with E-state index in [4.69, 9.17) is 4.18 Å². The lowest BCUT2D eigenvalue weighted by Gasteiger charge is -2.32. The van der Waals surface area contributed by atoms with Crippen LogP contribution in [-0.2, 0) is 20.8 Å². The molecule has 9 heteroatoms. The number of alkyl halides is 2. The van der Waals surface area contributed by atoms with E-state index in [0.717, 1.165) is 95.5 Å². The van der Waals surface area contributed by atoms with E-state index >= 15 is 0 Å². The van der Waals surface area contributed by atoms with Gasteiger partial charge in [-0.25, -0.2) is 8.42 Å². The van der Waals surface area contributed by atoms with Gasteiger partial charge < -0.3 is 4.18 Å². The summed E-state index contributed by atoms with van der Waals surface area (Å²) < 4.78 is 76.0. The van der Waals surface area contributed by atoms with Crippen LogP contribution in [0.2, 0.25) is 0 Å². The van der Waals surface area contributed by atoms with Crippen LogP contribution in [0.15, 0.2) is 12.1 Å². The number of rotatable bonds is 7. The molecule has 0 aromatic heterocycles. The zero-order chi connectivity index (χ0) is 24.3. The largest absolute Gasteiger partial charge is 0.479 e. The summed E-state index contributed by atoms with van der Waals surface area (Å²) in [5.41, 5.74) is 2.53. The Labute approximate surface area is 203 Å². The van der Waals surface area contributed by atoms with Crippen LogP contribution in [0.4, 0.5) is 8.78 Å². The van der Waals surface area contributed by atoms with Gasteiger partial charge in [-0.05, 0) is 73.0 Å². The van der Waals surface area contributed by atoms with E-state index < -0.39 is 25.4 Å². The molecule has 0 bridgehead atoms. The normalized spacial score (nSPS) is 22.2. The standard InChI is InChI=1S/C25H36F2O5S2/c26-25(27,33(28)29)34(30,31)32-24-22(19-12-6-2-7-13-19)16-21(18-10-4-1-5-11-18)17-23(24)20-14-8-3-9-15-20/h16-20,33H,1-15H2. The summed E-state index contributed by atoms with van der Waals surface area (Å²) in [5.74, 6) is 0.412. The van der Waals surface area contributed by atoms with Gasteiger partial charge >= 0.3 is 14.7 Å². The molecule has 0 aliphatic heterocycles. The zero-order valence-corrected chi connectivity index (χ0v) is 21.4. The molecule has 3 saturated carbocycles. The van der Waals surface area contributed by atoms with E-state index in [1.165, 1.54) is 6.42 Å². The molecule has 0 spiro atoms. The van der Waals surface area contributed by atoms with Crippen molar-refractivity contribution in [1.29, 1.82) is 0 Å². The second-order valence-corrected chi connectivity index (χ2v) is 13.3. The molecule has 34 heavy (non-hydrogen) atoms. The van der Waals surface area contributed by atoms with Crippen molar-refractivity contribution in [3.63, 3.8) is 0 Å². The van der Waals surface area contributed by atoms with Gasteiger partial charge in [-0.1, -0.05) is 69.9 Å². The predicted molar refractivity (Wildman–Crippen MR) is 129 cm³/mol. The molecule has 0 heterocycles. The molecule has 1 aromatic carbocycles. The molecule has 3 aliphatic rings. The summed E-state index contributed by atoms with van der Waals surface area (Å²) in [5, 5.41) is 0. The number of halogens is 2. The molecule has 5 nitrogen and oxygen atoms in total. The van der Waals surface area contributed by atoms with Crippen LogP contribution in [0, 0.1) is 0 Å². The van der Waals surface area contributed by atoms with Crippen LogP contribution in [0.5, 0.6) is 5.75 Å². The number of hydrogen-bond acceptors (Lipinski definition) is 5. The van der Waals surface area contributed by atoms with Crippen molar-refractivity contribution in [3.05, 3.63) is 28.8 Å². The lowest BCUT2D eigenvalue weighted by Crippen LogP contribution is -2.35. The molecule has 0 amide bonds. The van der Waals surface area contributed by atoms with Gasteiger partial charge in [-0.2, -0.15) is 17.2 Å². The summed E-state index contributed by atoms with van der Waals surface area (Å²) in [6, 6.07) is 4.00. The minimum absolute atomic E-state index is 0.0186. The maximum atomic E-state index is 14.2. The Morgan fingerprint density at radius 3 is 1.47 bits per heavy atom. The first-order chi connectivity index (χ1) is 16.2. The average molecular weight is 519 g/mol. The van der Waals surface area contributed by atoms with Crippen LogP contribution in [0.25, 0.3) is 0 Å². The van der Waals surface area contributed by atoms with Crippen molar-refractivity contribution in [2.24, 2.45) is 0 Å². The van der Waals surface area contributed by atoms with Crippen LogP contribution >= 0.6 is 0 Å². The highest BCUT2D eigenvalue weighted by Gasteiger charge is 2.52. The van der Waals surface area contributed by atoms with Crippen molar-refractivity contribution in [1.82, 2.24) is 0 Å². The smallest absolute Gasteiger partial charge is 0.377 e. The van der Waals surface area contributed by atoms with Crippen molar-refractivity contribution in [3.8, 4) is 5.75 Å². The molecule has 0 radical (unpaired) electrons. The third kappa shape index (κ3) is 5.45. The van der Waals surface area contributed by atoms with Gasteiger partial charge in [-0.15, -0.1) is 0 Å². The minimum Gasteiger partial charge on any atom is -0.377 e. The van der Waals surface area contributed by atoms with E-state index in [9.17, 15) is 25.6 Å². The average Bonchev–Trinajstić information content (AvgIpc) is 2.85. The Morgan fingerprint density at radius 1 is 0.706 bits per heavy atom. The highest BCUT2D eigenvalue weighted by Crippen LogP contribution is 2.48. The van der Waals surface area contributed by atoms with E-state index in [0.29, 0.717) is 17.0 Å². The molecule has 0 N–H and O–H groups in total. The van der Waals surface area contributed by atoms with E-state index in [1.807, 2.05) is 12.1 Å². The fourth-order valence-electron chi connectivity index (χ4n) is 6.15. The Morgan fingerprint density at radius 2 is 1.09 bits per heavy atom. The van der Waals surface area contributed by atoms with Crippen molar-refractivity contribution >= 4 is 20.8 Å². The van der Waals surface area contributed by atoms with E-state index in [1.54, 1.807) is 0 Å². The van der Waals surface area contributed by atoms with Crippen LogP contribution in [-0.4, -0.2) is 21.4 Å². The van der Waals surface area contributed by atoms with Crippen molar-refractivity contribution in [2.75, 3.05) is 0 Å². The first kappa shape index (κ1) is 25.9. The molecule has 0 saturated heterocycles. The summed E-state index contributed by atoms with van der Waals surface area (Å²) in [6.07, 6.45) is 15.2. The third-order valence-electron chi connectivity index (χ3n) is 8.04. The first-order valence-corrected chi connectivity index (χ1v) is 15.4. The monoisotopic (exact) mass is 518 g/mol. The molecule has 4 rings (SSSR count). The number of benzene rings is 1. The maximum Gasteiger partial charge on any atom is 0.479 e. The Kier molecular flexibility index (Phi) is 8.22. The molecule has 3 aliphatic carbocycles. The minimum atomic E-state index is -5.70. The van der Waals surface area contributed by atoms with Gasteiger partial charge in [0, 0.05) is 0 Å². The predicted octanol–water partition coefficient (Wildman–Crippen LogP) is 6.70. The van der Waals surface area contributed by atoms with Crippen LogP contribution in [0.3, 0.4) is 0 Å². The van der Waals surface area contributed by atoms with Gasteiger partial charge in [-0.3, -0.25) is 0 Å². The second kappa shape index (κ2) is 10.8. The fraction of sp³-hybridized carbons (Fsp3) is 0.760. The number of hydrogen-bond donors (Lipinski definition) is 1. The van der Waals surface area contributed by atoms with Gasteiger partial charge in [0.2, 0.25) is 10.7 Å². The Hall–Kier alpha value is -1.22. The quantitative estimate of drug-likeness (QED) is 0.321. The lowest BCUT2D eigenvalue weighted by molar-refractivity contribution is 0.172. The van der Waals surface area contributed by atoms with E-state index in [2.05, 4.69) is 0 Å². The number of thiol groups is 1. The zero-order valence-electron chi connectivity index (χ0n) is 19.6. The lowest BCUT2D eigenvalue weighted by atomic mass is 9.75. The van der Waals surface area contributed by atoms with Gasteiger partial charge in [0.05, 0.1) is 0 Å². The Bertz CT molecular complexity index is 986. The Balaban J connectivity index is 1.86. The molecule has 1 aromatic rings. The SMILES string of the molecule is O=[SH](=O)C(F)(F)S(=O)(=O)Oc1c(C2CCCCC2)cc(C2CCCCC2)cc1C1CCCCC1. The highest BCUT2D eigenvalue weighted by molar-refractivity contribution is 8.00. The summed E-state index contributed by atoms with van der Waals surface area (Å²) in [4.78, 5) is 0. The molecular weight excluding hydrogens is 482 g/mol. The third-order valence-corrected chi connectivity index (χ3v) is 10.6. The maximum absolute atomic E-state index is 14.2. The molecule has 0 unspecified atom stereocenters. The second-order valence-electron chi connectivity index (χ2n) is 10.3. The van der Waals surface area contributed by atoms with E-state index in [-0.39, 0.29) is 17.6 Å². The summed E-state index contributed by atoms with van der Waals surface area (Å²) in [7, 11) is -10.2. The van der Waals surface area contributed by atoms with Crippen molar-refractivity contribution in [2.45, 2.75) is 119 Å². The fourth-order valence-corrected chi connectivity index (χ4v) is 7.51. The van der Waals surface area contributed by atoms with Crippen LogP contribution < -0.4 is 4.18 Å². The molecular formula is C25H36F2O5S2. The van der Waals surface area contributed by atoms with Gasteiger partial charge in [0.15, 0.2) is 0 Å². The van der Waals surface area contributed by atoms with Crippen molar-refractivity contribution < 1.29 is 29.8 Å². The topological polar surface area (TPSA) is 77.5 Å². The molecule has 3 fully saturated rings. The molecule has 192 valence electrons.